The first-order valence-corrected chi connectivity index (χ1v) is 6.28. The van der Waals surface area contributed by atoms with Gasteiger partial charge in [0, 0.05) is 11.6 Å². The Kier molecular flexibility index (Phi) is 3.67. The Morgan fingerprint density at radius 1 is 1.53 bits per heavy atom. The van der Waals surface area contributed by atoms with E-state index in [1.54, 1.807) is 20.1 Å². The average molecular weight is 237 g/mol. The number of halogens is 1. The van der Waals surface area contributed by atoms with Crippen LogP contribution in [0.25, 0.3) is 0 Å². The lowest BCUT2D eigenvalue weighted by atomic mass is 9.94. The van der Waals surface area contributed by atoms with Crippen molar-refractivity contribution in [2.45, 2.75) is 39.2 Å². The maximum atomic E-state index is 13.9. The molecule has 1 N–H and O–H groups in total. The lowest BCUT2D eigenvalue weighted by molar-refractivity contribution is 0.400. The average Bonchev–Trinajstić information content (AvgIpc) is 2.85. The van der Waals surface area contributed by atoms with Crippen LogP contribution >= 0.6 is 0 Å². The van der Waals surface area contributed by atoms with Gasteiger partial charge in [0.15, 0.2) is 0 Å². The summed E-state index contributed by atoms with van der Waals surface area (Å²) in [6, 6.07) is 1.97. The van der Waals surface area contributed by atoms with Gasteiger partial charge in [0.2, 0.25) is 0 Å². The summed E-state index contributed by atoms with van der Waals surface area (Å²) >= 11 is 0. The van der Waals surface area contributed by atoms with E-state index >= 15 is 0 Å². The smallest absolute Gasteiger partial charge is 0.130 e. The van der Waals surface area contributed by atoms with Crippen molar-refractivity contribution in [2.75, 3.05) is 13.7 Å². The molecule has 2 rings (SSSR count). The van der Waals surface area contributed by atoms with Crippen LogP contribution in [0.4, 0.5) is 4.39 Å². The van der Waals surface area contributed by atoms with E-state index in [1.807, 2.05) is 0 Å². The third-order valence-electron chi connectivity index (χ3n) is 3.60. The van der Waals surface area contributed by atoms with Gasteiger partial charge in [-0.25, -0.2) is 4.39 Å². The van der Waals surface area contributed by atoms with Gasteiger partial charge in [-0.2, -0.15) is 0 Å². The molecular formula is C14H20FNO. The Labute approximate surface area is 102 Å². The zero-order chi connectivity index (χ0) is 12.4. The molecule has 1 aliphatic rings. The van der Waals surface area contributed by atoms with E-state index in [0.717, 1.165) is 42.7 Å². The monoisotopic (exact) mass is 237 g/mol. The number of ether oxygens (including phenoxy) is 1. The van der Waals surface area contributed by atoms with Crippen molar-refractivity contribution >= 4 is 0 Å². The van der Waals surface area contributed by atoms with Crippen LogP contribution in [0.3, 0.4) is 0 Å². The molecule has 1 unspecified atom stereocenters. The SMILES string of the molecule is CCc1c(C2CCCN2)cc(F)c(C)c1OC. The first kappa shape index (κ1) is 12.4. The molecule has 0 aliphatic carbocycles. The highest BCUT2D eigenvalue weighted by atomic mass is 19.1. The molecule has 0 saturated carbocycles. The summed E-state index contributed by atoms with van der Waals surface area (Å²) in [7, 11) is 1.62. The van der Waals surface area contributed by atoms with Crippen molar-refractivity contribution in [1.82, 2.24) is 5.32 Å². The Bertz CT molecular complexity index is 411. The lowest BCUT2D eigenvalue weighted by Crippen LogP contribution is -2.16. The van der Waals surface area contributed by atoms with E-state index in [4.69, 9.17) is 4.74 Å². The third-order valence-corrected chi connectivity index (χ3v) is 3.60. The van der Waals surface area contributed by atoms with Crippen LogP contribution in [0, 0.1) is 12.7 Å². The molecule has 2 nitrogen and oxygen atoms in total. The zero-order valence-electron chi connectivity index (χ0n) is 10.8. The summed E-state index contributed by atoms with van der Waals surface area (Å²) in [6.45, 7) is 4.89. The number of nitrogens with one attached hydrogen (secondary N) is 1. The minimum Gasteiger partial charge on any atom is -0.496 e. The van der Waals surface area contributed by atoms with Crippen LogP contribution in [0.15, 0.2) is 6.07 Å². The van der Waals surface area contributed by atoms with Gasteiger partial charge in [0.05, 0.1) is 7.11 Å². The topological polar surface area (TPSA) is 21.3 Å². The molecule has 3 heteroatoms. The molecular weight excluding hydrogens is 217 g/mol. The molecule has 1 atom stereocenters. The second-order valence-corrected chi connectivity index (χ2v) is 4.59. The van der Waals surface area contributed by atoms with Crippen LogP contribution < -0.4 is 10.1 Å². The Balaban J connectivity index is 2.53. The minimum atomic E-state index is -0.164. The quantitative estimate of drug-likeness (QED) is 0.872. The first-order chi connectivity index (χ1) is 8.19. The highest BCUT2D eigenvalue weighted by Crippen LogP contribution is 2.35. The molecule has 17 heavy (non-hydrogen) atoms. The van der Waals surface area contributed by atoms with Crippen molar-refractivity contribution < 1.29 is 9.13 Å². The van der Waals surface area contributed by atoms with Gasteiger partial charge < -0.3 is 10.1 Å². The van der Waals surface area contributed by atoms with Crippen molar-refractivity contribution in [3.8, 4) is 5.75 Å². The molecule has 1 aromatic carbocycles. The van der Waals surface area contributed by atoms with Gasteiger partial charge in [-0.1, -0.05) is 6.92 Å². The predicted octanol–water partition coefficient (Wildman–Crippen LogP) is 3.13. The van der Waals surface area contributed by atoms with E-state index in [1.165, 1.54) is 0 Å². The highest BCUT2D eigenvalue weighted by molar-refractivity contribution is 5.48. The molecule has 0 amide bonds. The van der Waals surface area contributed by atoms with Crippen LogP contribution in [-0.4, -0.2) is 13.7 Å². The van der Waals surface area contributed by atoms with Gasteiger partial charge in [-0.05, 0) is 49.9 Å². The minimum absolute atomic E-state index is 0.164. The Hall–Kier alpha value is -1.09. The fourth-order valence-electron chi connectivity index (χ4n) is 2.70. The standard InChI is InChI=1S/C14H20FNO/c1-4-10-11(13-6-5-7-16-13)8-12(15)9(2)14(10)17-3/h8,13,16H,4-7H2,1-3H3. The fourth-order valence-corrected chi connectivity index (χ4v) is 2.70. The van der Waals surface area contributed by atoms with Crippen molar-refractivity contribution in [1.29, 1.82) is 0 Å². The molecule has 0 spiro atoms. The van der Waals surface area contributed by atoms with Gasteiger partial charge in [-0.3, -0.25) is 0 Å². The molecule has 0 bridgehead atoms. The molecule has 1 aliphatic heterocycles. The second kappa shape index (κ2) is 5.05. The summed E-state index contributed by atoms with van der Waals surface area (Å²) in [4.78, 5) is 0. The normalized spacial score (nSPS) is 19.6. The maximum absolute atomic E-state index is 13.9. The summed E-state index contributed by atoms with van der Waals surface area (Å²) in [6.07, 6.45) is 3.11. The fraction of sp³-hybridized carbons (Fsp3) is 0.571. The van der Waals surface area contributed by atoms with Crippen LogP contribution in [0.1, 0.15) is 42.5 Å². The van der Waals surface area contributed by atoms with Crippen molar-refractivity contribution in [2.24, 2.45) is 0 Å². The summed E-state index contributed by atoms with van der Waals surface area (Å²) in [5.74, 6) is 0.555. The molecule has 0 aromatic heterocycles. The molecule has 1 fully saturated rings. The summed E-state index contributed by atoms with van der Waals surface area (Å²) in [5.41, 5.74) is 2.84. The third kappa shape index (κ3) is 2.16. The van der Waals surface area contributed by atoms with E-state index < -0.39 is 0 Å². The number of hydrogen-bond acceptors (Lipinski definition) is 2. The Morgan fingerprint density at radius 3 is 2.82 bits per heavy atom. The molecule has 94 valence electrons. The largest absolute Gasteiger partial charge is 0.496 e. The molecule has 1 aromatic rings. The van der Waals surface area contributed by atoms with Crippen LogP contribution in [0.2, 0.25) is 0 Å². The van der Waals surface area contributed by atoms with Crippen LogP contribution in [0.5, 0.6) is 5.75 Å². The highest BCUT2D eigenvalue weighted by Gasteiger charge is 2.23. The number of methoxy groups -OCH3 is 1. The van der Waals surface area contributed by atoms with Gasteiger partial charge >= 0.3 is 0 Å². The maximum Gasteiger partial charge on any atom is 0.130 e. The zero-order valence-corrected chi connectivity index (χ0v) is 10.8. The molecule has 1 saturated heterocycles. The van der Waals surface area contributed by atoms with Crippen molar-refractivity contribution in [3.63, 3.8) is 0 Å². The van der Waals surface area contributed by atoms with E-state index in [0.29, 0.717) is 5.56 Å². The number of benzene rings is 1. The van der Waals surface area contributed by atoms with E-state index in [9.17, 15) is 4.39 Å². The summed E-state index contributed by atoms with van der Waals surface area (Å²) < 4.78 is 19.3. The van der Waals surface area contributed by atoms with E-state index in [-0.39, 0.29) is 11.9 Å². The van der Waals surface area contributed by atoms with E-state index in [2.05, 4.69) is 12.2 Å². The predicted molar refractivity (Wildman–Crippen MR) is 67.0 cm³/mol. The summed E-state index contributed by atoms with van der Waals surface area (Å²) in [5, 5.41) is 3.42. The number of hydrogen-bond donors (Lipinski definition) is 1. The van der Waals surface area contributed by atoms with Gasteiger partial charge in [-0.15, -0.1) is 0 Å². The van der Waals surface area contributed by atoms with Crippen molar-refractivity contribution in [3.05, 3.63) is 28.6 Å². The first-order valence-electron chi connectivity index (χ1n) is 6.28. The second-order valence-electron chi connectivity index (χ2n) is 4.59. The van der Waals surface area contributed by atoms with Gasteiger partial charge in [0.25, 0.3) is 0 Å². The lowest BCUT2D eigenvalue weighted by Gasteiger charge is -2.20. The molecule has 1 heterocycles. The number of rotatable bonds is 3. The Morgan fingerprint density at radius 2 is 2.29 bits per heavy atom. The molecule has 0 radical (unpaired) electrons. The van der Waals surface area contributed by atoms with Gasteiger partial charge in [0.1, 0.15) is 11.6 Å². The van der Waals surface area contributed by atoms with Crippen LogP contribution in [-0.2, 0) is 6.42 Å².